The first-order chi connectivity index (χ1) is 10.9. The minimum absolute atomic E-state index is 1.09. The van der Waals surface area contributed by atoms with Gasteiger partial charge in [0.15, 0.2) is 0 Å². The number of aryl methyl sites for hydroxylation is 2. The largest absolute Gasteiger partial charge is 0.0616 e. The van der Waals surface area contributed by atoms with Gasteiger partial charge in [0, 0.05) is 0 Å². The third-order valence-corrected chi connectivity index (χ3v) is 4.33. The highest BCUT2D eigenvalue weighted by Crippen LogP contribution is 2.19. The van der Waals surface area contributed by atoms with Crippen molar-refractivity contribution >= 4 is 21.5 Å². The monoisotopic (exact) mass is 282 g/mol. The van der Waals surface area contributed by atoms with Crippen LogP contribution in [0, 0.1) is 0 Å². The number of rotatable bonds is 3. The Labute approximate surface area is 131 Å². The lowest BCUT2D eigenvalue weighted by Gasteiger charge is -2.06. The number of fused-ring (bicyclic) bond motifs is 2. The van der Waals surface area contributed by atoms with Crippen molar-refractivity contribution in [3.63, 3.8) is 0 Å². The molecule has 0 aliphatic rings. The maximum Gasteiger partial charge on any atom is -0.0181 e. The SMILES string of the molecule is c1ccc2cc(CCc3ccc4ccccc4c3)ccc2c1. The van der Waals surface area contributed by atoms with Gasteiger partial charge in [0.05, 0.1) is 0 Å². The Morgan fingerprint density at radius 3 is 1.27 bits per heavy atom. The number of hydrogen-bond acceptors (Lipinski definition) is 0. The maximum absolute atomic E-state index is 2.32. The van der Waals surface area contributed by atoms with Gasteiger partial charge in [-0.3, -0.25) is 0 Å². The van der Waals surface area contributed by atoms with E-state index in [1.54, 1.807) is 0 Å². The molecule has 0 aromatic heterocycles. The molecule has 0 unspecified atom stereocenters. The van der Waals surface area contributed by atoms with Crippen LogP contribution < -0.4 is 0 Å². The zero-order chi connectivity index (χ0) is 14.8. The maximum atomic E-state index is 2.32. The van der Waals surface area contributed by atoms with Crippen molar-refractivity contribution in [2.24, 2.45) is 0 Å². The summed E-state index contributed by atoms with van der Waals surface area (Å²) in [7, 11) is 0. The molecule has 0 amide bonds. The summed E-state index contributed by atoms with van der Waals surface area (Å²) in [6.45, 7) is 0. The average molecular weight is 282 g/mol. The Kier molecular flexibility index (Phi) is 3.36. The molecule has 22 heavy (non-hydrogen) atoms. The van der Waals surface area contributed by atoms with Gasteiger partial charge in [0.1, 0.15) is 0 Å². The average Bonchev–Trinajstić information content (AvgIpc) is 2.59. The third kappa shape index (κ3) is 2.60. The molecule has 4 rings (SSSR count). The predicted molar refractivity (Wildman–Crippen MR) is 95.3 cm³/mol. The zero-order valence-electron chi connectivity index (χ0n) is 12.5. The summed E-state index contributed by atoms with van der Waals surface area (Å²) in [6, 6.07) is 30.7. The van der Waals surface area contributed by atoms with E-state index in [2.05, 4.69) is 84.9 Å². The second kappa shape index (κ2) is 5.65. The summed E-state index contributed by atoms with van der Waals surface area (Å²) < 4.78 is 0. The molecular formula is C22H18. The molecule has 0 saturated carbocycles. The quantitative estimate of drug-likeness (QED) is 0.447. The Morgan fingerprint density at radius 1 is 0.409 bits per heavy atom. The van der Waals surface area contributed by atoms with Gasteiger partial charge in [-0.1, -0.05) is 84.9 Å². The standard InChI is InChI=1S/C22H18/c1-3-7-21-15-17(11-13-19(21)5-1)9-10-18-12-14-20-6-2-4-8-22(20)16-18/h1-8,11-16H,9-10H2. The van der Waals surface area contributed by atoms with Crippen molar-refractivity contribution in [1.82, 2.24) is 0 Å². The van der Waals surface area contributed by atoms with Crippen LogP contribution in [0.1, 0.15) is 11.1 Å². The van der Waals surface area contributed by atoms with E-state index in [0.29, 0.717) is 0 Å². The van der Waals surface area contributed by atoms with Crippen molar-refractivity contribution in [3.8, 4) is 0 Å². The lowest BCUT2D eigenvalue weighted by molar-refractivity contribution is 0.964. The van der Waals surface area contributed by atoms with Gasteiger partial charge in [0.25, 0.3) is 0 Å². The minimum Gasteiger partial charge on any atom is -0.0616 e. The fourth-order valence-corrected chi connectivity index (χ4v) is 3.08. The normalized spacial score (nSPS) is 11.1. The lowest BCUT2D eigenvalue weighted by atomic mass is 9.99. The van der Waals surface area contributed by atoms with Gasteiger partial charge in [-0.15, -0.1) is 0 Å². The number of hydrogen-bond donors (Lipinski definition) is 0. The molecule has 4 aromatic rings. The summed E-state index contributed by atoms with van der Waals surface area (Å²) in [4.78, 5) is 0. The van der Waals surface area contributed by atoms with Crippen LogP contribution in [0.2, 0.25) is 0 Å². The van der Waals surface area contributed by atoms with E-state index < -0.39 is 0 Å². The third-order valence-electron chi connectivity index (χ3n) is 4.33. The first kappa shape index (κ1) is 13.1. The molecular weight excluding hydrogens is 264 g/mol. The molecule has 0 spiro atoms. The van der Waals surface area contributed by atoms with Crippen LogP contribution in [0.25, 0.3) is 21.5 Å². The van der Waals surface area contributed by atoms with Gasteiger partial charge < -0.3 is 0 Å². The van der Waals surface area contributed by atoms with Crippen molar-refractivity contribution < 1.29 is 0 Å². The summed E-state index contributed by atoms with van der Waals surface area (Å²) >= 11 is 0. The van der Waals surface area contributed by atoms with E-state index in [9.17, 15) is 0 Å². The summed E-state index contributed by atoms with van der Waals surface area (Å²) in [6.07, 6.45) is 2.17. The van der Waals surface area contributed by atoms with Crippen molar-refractivity contribution in [2.75, 3.05) is 0 Å². The van der Waals surface area contributed by atoms with Crippen molar-refractivity contribution in [1.29, 1.82) is 0 Å². The fraction of sp³-hybridized carbons (Fsp3) is 0.0909. The van der Waals surface area contributed by atoms with Gasteiger partial charge in [0.2, 0.25) is 0 Å². The molecule has 106 valence electrons. The second-order valence-corrected chi connectivity index (χ2v) is 5.86. The molecule has 0 aliphatic carbocycles. The van der Waals surface area contributed by atoms with E-state index in [0.717, 1.165) is 12.8 Å². The molecule has 4 aromatic carbocycles. The second-order valence-electron chi connectivity index (χ2n) is 5.86. The molecule has 0 bridgehead atoms. The van der Waals surface area contributed by atoms with Crippen LogP contribution in [0.15, 0.2) is 84.9 Å². The molecule has 0 atom stereocenters. The van der Waals surface area contributed by atoms with Crippen LogP contribution in [0.4, 0.5) is 0 Å². The summed E-state index contributed by atoms with van der Waals surface area (Å²) in [5, 5.41) is 5.30. The predicted octanol–water partition coefficient (Wildman–Crippen LogP) is 5.78. The zero-order valence-corrected chi connectivity index (χ0v) is 12.5. The van der Waals surface area contributed by atoms with Gasteiger partial charge >= 0.3 is 0 Å². The van der Waals surface area contributed by atoms with Gasteiger partial charge in [-0.2, -0.15) is 0 Å². The molecule has 0 fully saturated rings. The van der Waals surface area contributed by atoms with E-state index in [-0.39, 0.29) is 0 Å². The topological polar surface area (TPSA) is 0 Å². The molecule has 0 radical (unpaired) electrons. The highest BCUT2D eigenvalue weighted by molar-refractivity contribution is 5.83. The molecule has 0 aliphatic heterocycles. The Hall–Kier alpha value is -2.60. The van der Waals surface area contributed by atoms with Crippen molar-refractivity contribution in [2.45, 2.75) is 12.8 Å². The summed E-state index contributed by atoms with van der Waals surface area (Å²) in [5.41, 5.74) is 2.82. The Balaban J connectivity index is 1.57. The minimum atomic E-state index is 1.09. The van der Waals surface area contributed by atoms with Crippen molar-refractivity contribution in [3.05, 3.63) is 96.1 Å². The van der Waals surface area contributed by atoms with E-state index in [1.807, 2.05) is 0 Å². The highest BCUT2D eigenvalue weighted by Gasteiger charge is 2.00. The van der Waals surface area contributed by atoms with Crippen LogP contribution in [-0.2, 0) is 12.8 Å². The fourth-order valence-electron chi connectivity index (χ4n) is 3.08. The van der Waals surface area contributed by atoms with Gasteiger partial charge in [-0.25, -0.2) is 0 Å². The Morgan fingerprint density at radius 2 is 0.818 bits per heavy atom. The van der Waals surface area contributed by atoms with Crippen LogP contribution >= 0.6 is 0 Å². The number of benzene rings is 4. The van der Waals surface area contributed by atoms with Crippen LogP contribution in [-0.4, -0.2) is 0 Å². The lowest BCUT2D eigenvalue weighted by Crippen LogP contribution is -1.91. The molecule has 0 heterocycles. The molecule has 0 saturated heterocycles. The van der Waals surface area contributed by atoms with Crippen LogP contribution in [0.5, 0.6) is 0 Å². The highest BCUT2D eigenvalue weighted by atomic mass is 14.0. The smallest absolute Gasteiger partial charge is 0.0181 e. The first-order valence-electron chi connectivity index (χ1n) is 7.84. The first-order valence-corrected chi connectivity index (χ1v) is 7.84. The Bertz CT molecular complexity index is 855. The van der Waals surface area contributed by atoms with E-state index in [1.165, 1.54) is 32.7 Å². The van der Waals surface area contributed by atoms with E-state index >= 15 is 0 Å². The van der Waals surface area contributed by atoms with E-state index in [4.69, 9.17) is 0 Å². The van der Waals surface area contributed by atoms with Crippen LogP contribution in [0.3, 0.4) is 0 Å². The molecule has 0 heteroatoms. The molecule has 0 N–H and O–H groups in total. The molecule has 0 nitrogen and oxygen atoms in total. The summed E-state index contributed by atoms with van der Waals surface area (Å²) in [5.74, 6) is 0. The van der Waals surface area contributed by atoms with Gasteiger partial charge in [-0.05, 0) is 45.5 Å².